The minimum Gasteiger partial charge on any atom is -0.508 e. The van der Waals surface area contributed by atoms with Gasteiger partial charge in [-0.05, 0) is 80.1 Å². The highest BCUT2D eigenvalue weighted by molar-refractivity contribution is 6.07. The van der Waals surface area contributed by atoms with Crippen LogP contribution in [-0.4, -0.2) is 16.1 Å². The van der Waals surface area contributed by atoms with Crippen molar-refractivity contribution in [2.75, 3.05) is 4.90 Å². The minimum atomic E-state index is -0.334. The van der Waals surface area contributed by atoms with Crippen LogP contribution in [0.4, 0.5) is 11.4 Å². The van der Waals surface area contributed by atoms with Gasteiger partial charge >= 0.3 is 0 Å². The van der Waals surface area contributed by atoms with Gasteiger partial charge in [0.2, 0.25) is 5.91 Å². The second kappa shape index (κ2) is 5.00. The number of aromatic hydroxyl groups is 2. The van der Waals surface area contributed by atoms with E-state index in [0.717, 1.165) is 47.3 Å². The first-order valence-electron chi connectivity index (χ1n) is 8.39. The molecule has 0 bridgehead atoms. The largest absolute Gasteiger partial charge is 0.508 e. The zero-order chi connectivity index (χ0) is 17.1. The van der Waals surface area contributed by atoms with Crippen LogP contribution in [0, 0.1) is 19.3 Å². The summed E-state index contributed by atoms with van der Waals surface area (Å²) in [5.74, 6) is 0.612. The lowest BCUT2D eigenvalue weighted by Crippen LogP contribution is -2.51. The number of benzene rings is 2. The number of fused-ring (bicyclic) bond motifs is 1. The molecule has 2 aliphatic rings. The Morgan fingerprint density at radius 1 is 1.04 bits per heavy atom. The summed E-state index contributed by atoms with van der Waals surface area (Å²) in [6.45, 7) is 3.82. The lowest BCUT2D eigenvalue weighted by molar-refractivity contribution is -0.132. The second-order valence-electron chi connectivity index (χ2n) is 7.12. The van der Waals surface area contributed by atoms with E-state index in [1.165, 1.54) is 0 Å². The molecule has 1 amide bonds. The summed E-state index contributed by atoms with van der Waals surface area (Å²) in [6, 6.07) is 8.57. The highest BCUT2D eigenvalue weighted by Gasteiger charge is 2.51. The molecule has 0 unspecified atom stereocenters. The fraction of sp³-hybridized carbons (Fsp3) is 0.350. The summed E-state index contributed by atoms with van der Waals surface area (Å²) in [6.07, 6.45) is 3.56. The summed E-state index contributed by atoms with van der Waals surface area (Å²) >= 11 is 0. The number of carbonyl (C=O) groups is 1. The van der Waals surface area contributed by atoms with Crippen LogP contribution in [0.1, 0.15) is 36.0 Å². The molecule has 1 spiro atoms. The van der Waals surface area contributed by atoms with Crippen molar-refractivity contribution in [3.05, 3.63) is 47.0 Å². The number of hydrogen-bond acceptors (Lipinski definition) is 3. The van der Waals surface area contributed by atoms with Crippen molar-refractivity contribution in [2.24, 2.45) is 5.41 Å². The number of phenols is 2. The summed E-state index contributed by atoms with van der Waals surface area (Å²) in [4.78, 5) is 15.1. The molecule has 2 aromatic rings. The zero-order valence-corrected chi connectivity index (χ0v) is 14.0. The maximum absolute atomic E-state index is 13.3. The van der Waals surface area contributed by atoms with Crippen LogP contribution in [0.2, 0.25) is 0 Å². The van der Waals surface area contributed by atoms with Gasteiger partial charge < -0.3 is 10.2 Å². The van der Waals surface area contributed by atoms with E-state index >= 15 is 0 Å². The van der Waals surface area contributed by atoms with Gasteiger partial charge in [0.05, 0.1) is 11.1 Å². The van der Waals surface area contributed by atoms with Crippen molar-refractivity contribution in [2.45, 2.75) is 39.5 Å². The van der Waals surface area contributed by atoms with Gasteiger partial charge in [-0.1, -0.05) is 6.42 Å². The first-order chi connectivity index (χ1) is 11.4. The van der Waals surface area contributed by atoms with Gasteiger partial charge in [0, 0.05) is 5.69 Å². The molecule has 124 valence electrons. The highest BCUT2D eigenvalue weighted by Crippen LogP contribution is 2.53. The molecule has 1 saturated carbocycles. The van der Waals surface area contributed by atoms with Crippen LogP contribution in [-0.2, 0) is 11.2 Å². The normalized spacial score (nSPS) is 18.4. The smallest absolute Gasteiger partial charge is 0.238 e. The molecule has 0 atom stereocenters. The topological polar surface area (TPSA) is 60.8 Å². The molecule has 0 saturated heterocycles. The molecule has 4 nitrogen and oxygen atoms in total. The van der Waals surface area contributed by atoms with Crippen molar-refractivity contribution in [1.82, 2.24) is 0 Å². The number of rotatable bonds is 1. The van der Waals surface area contributed by atoms with Crippen LogP contribution in [0.15, 0.2) is 30.3 Å². The third-order valence-corrected chi connectivity index (χ3v) is 5.74. The van der Waals surface area contributed by atoms with E-state index in [4.69, 9.17) is 0 Å². The Labute approximate surface area is 141 Å². The quantitative estimate of drug-likeness (QED) is 0.830. The third kappa shape index (κ3) is 1.95. The molecular formula is C20H21NO3. The van der Waals surface area contributed by atoms with E-state index in [9.17, 15) is 15.0 Å². The number of anilines is 2. The van der Waals surface area contributed by atoms with Crippen LogP contribution < -0.4 is 4.90 Å². The molecular weight excluding hydrogens is 302 g/mol. The van der Waals surface area contributed by atoms with E-state index in [2.05, 4.69) is 0 Å². The maximum Gasteiger partial charge on any atom is 0.238 e. The Hall–Kier alpha value is -2.49. The van der Waals surface area contributed by atoms with Crippen LogP contribution >= 0.6 is 0 Å². The number of amides is 1. The van der Waals surface area contributed by atoms with Gasteiger partial charge in [0.25, 0.3) is 0 Å². The zero-order valence-electron chi connectivity index (χ0n) is 14.0. The number of nitrogens with zero attached hydrogens (tertiary/aromatic N) is 1. The number of carbonyl (C=O) groups excluding carboxylic acids is 1. The van der Waals surface area contributed by atoms with Gasteiger partial charge in [-0.2, -0.15) is 0 Å². The van der Waals surface area contributed by atoms with Gasteiger partial charge in [0.15, 0.2) is 0 Å². The van der Waals surface area contributed by atoms with E-state index < -0.39 is 0 Å². The molecule has 0 radical (unpaired) electrons. The van der Waals surface area contributed by atoms with E-state index in [1.54, 1.807) is 29.2 Å². The first-order valence-corrected chi connectivity index (χ1v) is 8.39. The van der Waals surface area contributed by atoms with Crippen LogP contribution in [0.25, 0.3) is 0 Å². The summed E-state index contributed by atoms with van der Waals surface area (Å²) in [7, 11) is 0. The SMILES string of the molecule is Cc1c(O)cc2c(c1C)N(c1ccc(O)cc1)C(=O)C1(CCC1)C2. The average molecular weight is 323 g/mol. The predicted octanol–water partition coefficient (Wildman–Crippen LogP) is 4.11. The lowest BCUT2D eigenvalue weighted by atomic mass is 9.62. The predicted molar refractivity (Wildman–Crippen MR) is 92.8 cm³/mol. The first kappa shape index (κ1) is 15.1. The molecule has 1 heterocycles. The van der Waals surface area contributed by atoms with E-state index in [1.807, 2.05) is 19.9 Å². The fourth-order valence-corrected chi connectivity index (χ4v) is 4.02. The highest BCUT2D eigenvalue weighted by atomic mass is 16.3. The van der Waals surface area contributed by atoms with Crippen LogP contribution in [0.3, 0.4) is 0 Å². The Morgan fingerprint density at radius 3 is 2.29 bits per heavy atom. The lowest BCUT2D eigenvalue weighted by Gasteiger charge is -2.48. The van der Waals surface area contributed by atoms with Crippen LogP contribution in [0.5, 0.6) is 11.5 Å². The van der Waals surface area contributed by atoms with Crippen molar-refractivity contribution >= 4 is 17.3 Å². The standard InChI is InChI=1S/C20H21NO3/c1-12-13(2)18-14(10-17(12)23)11-20(8-3-9-20)19(24)21(18)15-4-6-16(22)7-5-15/h4-7,10,22-23H,3,8-9,11H2,1-2H3. The minimum absolute atomic E-state index is 0.139. The molecule has 24 heavy (non-hydrogen) atoms. The maximum atomic E-state index is 13.3. The fourth-order valence-electron chi connectivity index (χ4n) is 4.02. The van der Waals surface area contributed by atoms with Crippen molar-refractivity contribution in [3.8, 4) is 11.5 Å². The van der Waals surface area contributed by atoms with E-state index in [0.29, 0.717) is 12.2 Å². The molecule has 2 aromatic carbocycles. The Bertz CT molecular complexity index is 835. The average Bonchev–Trinajstić information content (AvgIpc) is 2.52. The number of phenolic OH excluding ortho intramolecular Hbond substituents is 2. The molecule has 0 aromatic heterocycles. The van der Waals surface area contributed by atoms with Gasteiger partial charge in [0.1, 0.15) is 11.5 Å². The second-order valence-corrected chi connectivity index (χ2v) is 7.12. The third-order valence-electron chi connectivity index (χ3n) is 5.74. The summed E-state index contributed by atoms with van der Waals surface area (Å²) < 4.78 is 0. The van der Waals surface area contributed by atoms with Gasteiger partial charge in [-0.15, -0.1) is 0 Å². The Kier molecular flexibility index (Phi) is 3.14. The monoisotopic (exact) mass is 323 g/mol. The molecule has 4 rings (SSSR count). The molecule has 1 aliphatic carbocycles. The number of hydrogen-bond donors (Lipinski definition) is 2. The van der Waals surface area contributed by atoms with Crippen molar-refractivity contribution in [1.29, 1.82) is 0 Å². The van der Waals surface area contributed by atoms with Crippen molar-refractivity contribution in [3.63, 3.8) is 0 Å². The summed E-state index contributed by atoms with van der Waals surface area (Å²) in [5, 5.41) is 19.8. The van der Waals surface area contributed by atoms with Gasteiger partial charge in [-0.3, -0.25) is 9.69 Å². The van der Waals surface area contributed by atoms with Crippen molar-refractivity contribution < 1.29 is 15.0 Å². The Morgan fingerprint density at radius 2 is 1.71 bits per heavy atom. The van der Waals surface area contributed by atoms with E-state index in [-0.39, 0.29) is 17.1 Å². The molecule has 2 N–H and O–H groups in total. The molecule has 1 fully saturated rings. The molecule has 4 heteroatoms. The summed E-state index contributed by atoms with van der Waals surface area (Å²) in [5.41, 5.74) is 4.08. The van der Waals surface area contributed by atoms with Gasteiger partial charge in [-0.25, -0.2) is 0 Å². The Balaban J connectivity index is 1.96. The molecule has 1 aliphatic heterocycles.